The third-order valence-electron chi connectivity index (χ3n) is 4.10. The Morgan fingerprint density at radius 1 is 1.28 bits per heavy atom. The number of ether oxygens (including phenoxy) is 1. The van der Waals surface area contributed by atoms with Gasteiger partial charge in [-0.05, 0) is 57.8 Å². The third-order valence-corrected chi connectivity index (χ3v) is 5.55. The summed E-state index contributed by atoms with van der Waals surface area (Å²) in [7, 11) is 2.14. The summed E-state index contributed by atoms with van der Waals surface area (Å²) in [4.78, 5) is 2.18. The Labute approximate surface area is 150 Å². The summed E-state index contributed by atoms with van der Waals surface area (Å²) in [5.74, 6) is 0.376. The molecule has 138 valence electrons. The van der Waals surface area contributed by atoms with Crippen molar-refractivity contribution in [1.29, 1.82) is 0 Å². The summed E-state index contributed by atoms with van der Waals surface area (Å²) in [5.41, 5.74) is 1.91. The first kappa shape index (κ1) is 19.5. The van der Waals surface area contributed by atoms with Crippen molar-refractivity contribution in [2.45, 2.75) is 24.8 Å². The molecule has 1 atom stereocenters. The van der Waals surface area contributed by atoms with E-state index in [9.17, 15) is 8.42 Å². The molecule has 2 rings (SSSR count). The van der Waals surface area contributed by atoms with Crippen molar-refractivity contribution in [3.05, 3.63) is 47.8 Å². The second-order valence-electron chi connectivity index (χ2n) is 6.26. The van der Waals surface area contributed by atoms with Crippen molar-refractivity contribution in [3.8, 4) is 5.75 Å². The number of nitrogens with one attached hydrogen (secondary N) is 1. The van der Waals surface area contributed by atoms with Crippen molar-refractivity contribution >= 4 is 10.0 Å². The van der Waals surface area contributed by atoms with Gasteiger partial charge in [0, 0.05) is 25.5 Å². The molecule has 0 radical (unpaired) electrons. The van der Waals surface area contributed by atoms with Crippen molar-refractivity contribution in [3.63, 3.8) is 0 Å². The Bertz CT molecular complexity index is 813. The van der Waals surface area contributed by atoms with Crippen LogP contribution in [-0.4, -0.2) is 45.1 Å². The van der Waals surface area contributed by atoms with Gasteiger partial charge in [-0.3, -0.25) is 4.90 Å². The van der Waals surface area contributed by atoms with Crippen LogP contribution in [0.2, 0.25) is 0 Å². The van der Waals surface area contributed by atoms with Gasteiger partial charge in [0.05, 0.1) is 12.6 Å². The highest BCUT2D eigenvalue weighted by Crippen LogP contribution is 2.26. The molecule has 0 spiro atoms. The van der Waals surface area contributed by atoms with Crippen LogP contribution in [0.1, 0.15) is 24.2 Å². The Kier molecular flexibility index (Phi) is 6.26. The van der Waals surface area contributed by atoms with Crippen LogP contribution < -0.4 is 9.46 Å². The van der Waals surface area contributed by atoms with Crippen LogP contribution in [0.4, 0.5) is 0 Å². The zero-order chi connectivity index (χ0) is 18.6. The van der Waals surface area contributed by atoms with Crippen molar-refractivity contribution in [2.24, 2.45) is 7.05 Å². The van der Waals surface area contributed by atoms with Gasteiger partial charge in [-0.1, -0.05) is 6.07 Å². The molecule has 1 unspecified atom stereocenters. The van der Waals surface area contributed by atoms with E-state index in [4.69, 9.17) is 4.74 Å². The number of sulfonamides is 1. The molecule has 0 bridgehead atoms. The lowest BCUT2D eigenvalue weighted by atomic mass is 10.2. The predicted octanol–water partition coefficient (Wildman–Crippen LogP) is 2.31. The van der Waals surface area contributed by atoms with E-state index in [1.165, 1.54) is 0 Å². The minimum absolute atomic E-state index is 0.0740. The van der Waals surface area contributed by atoms with Crippen LogP contribution in [0, 0.1) is 6.92 Å². The van der Waals surface area contributed by atoms with Crippen LogP contribution in [-0.2, 0) is 17.1 Å². The molecule has 1 heterocycles. The first-order chi connectivity index (χ1) is 11.8. The number of nitrogens with zero attached hydrogens (tertiary/aromatic N) is 2. The average Bonchev–Trinajstić information content (AvgIpc) is 2.95. The van der Waals surface area contributed by atoms with Gasteiger partial charge in [0.25, 0.3) is 0 Å². The second-order valence-corrected chi connectivity index (χ2v) is 7.99. The number of hydrogen-bond acceptors (Lipinski definition) is 4. The van der Waals surface area contributed by atoms with E-state index in [0.717, 1.165) is 11.3 Å². The summed E-state index contributed by atoms with van der Waals surface area (Å²) in [6, 6.07) is 9.06. The number of hydrogen-bond donors (Lipinski definition) is 1. The fourth-order valence-corrected chi connectivity index (χ4v) is 4.00. The maximum Gasteiger partial charge on any atom is 0.244 e. The number of benzene rings is 1. The summed E-state index contributed by atoms with van der Waals surface area (Å²) < 4.78 is 35.9. The molecule has 1 N–H and O–H groups in total. The van der Waals surface area contributed by atoms with Gasteiger partial charge in [0.2, 0.25) is 10.0 Å². The van der Waals surface area contributed by atoms with Gasteiger partial charge in [0.1, 0.15) is 10.6 Å². The SMILES string of the molecule is CCOc1ccc(C)cc1S(=O)(=O)NCC(c1cccn1C)N(C)C. The lowest BCUT2D eigenvalue weighted by Crippen LogP contribution is -2.35. The third kappa shape index (κ3) is 4.62. The van der Waals surface area contributed by atoms with Gasteiger partial charge in [-0.25, -0.2) is 13.1 Å². The molecule has 0 aliphatic rings. The van der Waals surface area contributed by atoms with E-state index in [1.807, 2.05) is 68.9 Å². The summed E-state index contributed by atoms with van der Waals surface area (Å²) in [5, 5.41) is 0. The zero-order valence-corrected chi connectivity index (χ0v) is 16.3. The van der Waals surface area contributed by atoms with E-state index in [0.29, 0.717) is 12.4 Å². The molecule has 25 heavy (non-hydrogen) atoms. The van der Waals surface area contributed by atoms with Crippen LogP contribution in [0.15, 0.2) is 41.4 Å². The second kappa shape index (κ2) is 8.03. The molecule has 0 fully saturated rings. The molecule has 1 aromatic carbocycles. The monoisotopic (exact) mass is 365 g/mol. The lowest BCUT2D eigenvalue weighted by molar-refractivity contribution is 0.288. The maximum atomic E-state index is 12.8. The molecule has 0 aliphatic carbocycles. The molecule has 7 heteroatoms. The Hall–Kier alpha value is -1.83. The maximum absolute atomic E-state index is 12.8. The van der Waals surface area contributed by atoms with Gasteiger partial charge < -0.3 is 9.30 Å². The molecule has 1 aromatic heterocycles. The number of aromatic nitrogens is 1. The van der Waals surface area contributed by atoms with E-state index in [2.05, 4.69) is 4.72 Å². The number of likely N-dealkylation sites (N-methyl/N-ethyl adjacent to an activating group) is 1. The first-order valence-corrected chi connectivity index (χ1v) is 9.75. The Morgan fingerprint density at radius 2 is 2.00 bits per heavy atom. The smallest absolute Gasteiger partial charge is 0.244 e. The summed E-state index contributed by atoms with van der Waals surface area (Å²) in [6.45, 7) is 4.38. The standard InChI is InChI=1S/C18H27N3O3S/c1-6-24-17-10-9-14(2)12-18(17)25(22,23)19-13-16(20(3)4)15-8-7-11-21(15)5/h7-12,16,19H,6,13H2,1-5H3. The number of rotatable bonds is 8. The molecular weight excluding hydrogens is 338 g/mol. The van der Waals surface area contributed by atoms with Crippen LogP contribution >= 0.6 is 0 Å². The average molecular weight is 365 g/mol. The van der Waals surface area contributed by atoms with Crippen LogP contribution in [0.3, 0.4) is 0 Å². The first-order valence-electron chi connectivity index (χ1n) is 8.27. The fourth-order valence-electron chi connectivity index (χ4n) is 2.74. The predicted molar refractivity (Wildman–Crippen MR) is 99.4 cm³/mol. The lowest BCUT2D eigenvalue weighted by Gasteiger charge is -2.25. The largest absolute Gasteiger partial charge is 0.492 e. The van der Waals surface area contributed by atoms with Crippen LogP contribution in [0.5, 0.6) is 5.75 Å². The topological polar surface area (TPSA) is 63.6 Å². The normalized spacial score (nSPS) is 13.2. The zero-order valence-electron chi connectivity index (χ0n) is 15.5. The van der Waals surface area contributed by atoms with Crippen molar-refractivity contribution in [1.82, 2.24) is 14.2 Å². The van der Waals surface area contributed by atoms with Crippen molar-refractivity contribution < 1.29 is 13.2 Å². The van der Waals surface area contributed by atoms with E-state index < -0.39 is 10.0 Å². The molecule has 0 saturated carbocycles. The molecule has 0 saturated heterocycles. The fraction of sp³-hybridized carbons (Fsp3) is 0.444. The van der Waals surface area contributed by atoms with E-state index in [-0.39, 0.29) is 17.5 Å². The Morgan fingerprint density at radius 3 is 2.56 bits per heavy atom. The van der Waals surface area contributed by atoms with E-state index >= 15 is 0 Å². The highest BCUT2D eigenvalue weighted by molar-refractivity contribution is 7.89. The Balaban J connectivity index is 2.26. The van der Waals surface area contributed by atoms with Gasteiger partial charge in [-0.2, -0.15) is 0 Å². The van der Waals surface area contributed by atoms with E-state index in [1.54, 1.807) is 12.1 Å². The highest BCUT2D eigenvalue weighted by atomic mass is 32.2. The molecule has 6 nitrogen and oxygen atoms in total. The summed E-state index contributed by atoms with van der Waals surface area (Å²) >= 11 is 0. The van der Waals surface area contributed by atoms with Gasteiger partial charge in [0.15, 0.2) is 0 Å². The minimum Gasteiger partial charge on any atom is -0.492 e. The molecule has 0 amide bonds. The molecular formula is C18H27N3O3S. The van der Waals surface area contributed by atoms with Crippen LogP contribution in [0.25, 0.3) is 0 Å². The quantitative estimate of drug-likeness (QED) is 0.780. The minimum atomic E-state index is -3.68. The molecule has 2 aromatic rings. The summed E-state index contributed by atoms with van der Waals surface area (Å²) in [6.07, 6.45) is 1.95. The van der Waals surface area contributed by atoms with Gasteiger partial charge in [-0.15, -0.1) is 0 Å². The number of aryl methyl sites for hydroxylation is 2. The van der Waals surface area contributed by atoms with Gasteiger partial charge >= 0.3 is 0 Å². The van der Waals surface area contributed by atoms with Crippen molar-refractivity contribution in [2.75, 3.05) is 27.2 Å². The highest BCUT2D eigenvalue weighted by Gasteiger charge is 2.24. The molecule has 0 aliphatic heterocycles.